The van der Waals surface area contributed by atoms with Crippen LogP contribution < -0.4 is 15.4 Å². The van der Waals surface area contributed by atoms with E-state index in [-0.39, 0.29) is 5.91 Å². The van der Waals surface area contributed by atoms with Crippen LogP contribution in [0.25, 0.3) is 0 Å². The summed E-state index contributed by atoms with van der Waals surface area (Å²) in [5.74, 6) is 0.521. The second-order valence-electron chi connectivity index (χ2n) is 4.68. The van der Waals surface area contributed by atoms with Crippen molar-refractivity contribution in [1.29, 1.82) is 0 Å². The summed E-state index contributed by atoms with van der Waals surface area (Å²) < 4.78 is 11.0. The maximum Gasteiger partial charge on any atom is 0.255 e. The van der Waals surface area contributed by atoms with E-state index in [1.165, 1.54) is 0 Å². The molecule has 20 heavy (non-hydrogen) atoms. The summed E-state index contributed by atoms with van der Waals surface area (Å²) in [6, 6.07) is 5.55. The summed E-state index contributed by atoms with van der Waals surface area (Å²) in [5.41, 5.74) is 1.45. The van der Waals surface area contributed by atoms with E-state index in [0.717, 1.165) is 31.7 Å². The normalized spacial score (nSPS) is 13.1. The second kappa shape index (κ2) is 7.75. The van der Waals surface area contributed by atoms with Crippen LogP contribution in [0.3, 0.4) is 0 Å². The van der Waals surface area contributed by atoms with Crippen LogP contribution in [0.5, 0.6) is 5.75 Å². The molecule has 2 rings (SSSR count). The Morgan fingerprint density at radius 2 is 2.35 bits per heavy atom. The van der Waals surface area contributed by atoms with E-state index < -0.39 is 0 Å². The predicted octanol–water partition coefficient (Wildman–Crippen LogP) is 2.04. The van der Waals surface area contributed by atoms with E-state index in [1.807, 2.05) is 12.1 Å². The van der Waals surface area contributed by atoms with Gasteiger partial charge >= 0.3 is 0 Å². The lowest BCUT2D eigenvalue weighted by atomic mass is 10.1. The number of anilines is 1. The van der Waals surface area contributed by atoms with Crippen LogP contribution >= 0.6 is 0 Å². The summed E-state index contributed by atoms with van der Waals surface area (Å²) in [7, 11) is 0. The fourth-order valence-corrected chi connectivity index (χ4v) is 2.03. The van der Waals surface area contributed by atoms with Crippen LogP contribution in [-0.2, 0) is 4.74 Å². The molecule has 1 aromatic rings. The minimum absolute atomic E-state index is 0.121. The van der Waals surface area contributed by atoms with Gasteiger partial charge in [-0.25, -0.2) is 0 Å². The first-order valence-electron chi connectivity index (χ1n) is 7.18. The van der Waals surface area contributed by atoms with Crippen molar-refractivity contribution >= 4 is 11.6 Å². The number of rotatable bonds is 7. The van der Waals surface area contributed by atoms with Gasteiger partial charge in [0.25, 0.3) is 5.91 Å². The van der Waals surface area contributed by atoms with Gasteiger partial charge in [-0.05, 0) is 18.6 Å². The van der Waals surface area contributed by atoms with Crippen molar-refractivity contribution in [2.75, 3.05) is 38.2 Å². The molecule has 0 saturated heterocycles. The van der Waals surface area contributed by atoms with Crippen molar-refractivity contribution in [3.05, 3.63) is 23.8 Å². The molecule has 0 fully saturated rings. The van der Waals surface area contributed by atoms with Gasteiger partial charge in [-0.2, -0.15) is 0 Å². The van der Waals surface area contributed by atoms with Crippen LogP contribution in [0.1, 0.15) is 30.1 Å². The molecular formula is C15H22N2O3. The number of para-hydroxylation sites is 1. The third-order valence-electron chi connectivity index (χ3n) is 3.10. The number of hydrogen-bond donors (Lipinski definition) is 2. The zero-order valence-electron chi connectivity index (χ0n) is 11.9. The molecule has 1 amide bonds. The van der Waals surface area contributed by atoms with Gasteiger partial charge in [-0.3, -0.25) is 4.79 Å². The summed E-state index contributed by atoms with van der Waals surface area (Å²) >= 11 is 0. The standard InChI is InChI=1S/C15H22N2O3/c1-2-3-9-19-10-7-17-15(18)12-5-4-6-13-14(12)20-11-8-16-13/h4-6,16H,2-3,7-11H2,1H3,(H,17,18). The van der Waals surface area contributed by atoms with Crippen molar-refractivity contribution in [2.24, 2.45) is 0 Å². The molecule has 5 nitrogen and oxygen atoms in total. The van der Waals surface area contributed by atoms with Crippen LogP contribution in [0.15, 0.2) is 18.2 Å². The maximum absolute atomic E-state index is 12.1. The van der Waals surface area contributed by atoms with Gasteiger partial charge < -0.3 is 20.1 Å². The van der Waals surface area contributed by atoms with Crippen LogP contribution in [0.2, 0.25) is 0 Å². The Morgan fingerprint density at radius 3 is 3.20 bits per heavy atom. The number of carbonyl (C=O) groups excluding carboxylic acids is 1. The van der Waals surface area contributed by atoms with E-state index in [0.29, 0.717) is 31.1 Å². The minimum atomic E-state index is -0.121. The van der Waals surface area contributed by atoms with E-state index in [4.69, 9.17) is 9.47 Å². The Hall–Kier alpha value is -1.75. The summed E-state index contributed by atoms with van der Waals surface area (Å²) in [6.07, 6.45) is 2.17. The third kappa shape index (κ3) is 3.87. The number of benzene rings is 1. The van der Waals surface area contributed by atoms with Crippen LogP contribution in [0, 0.1) is 0 Å². The molecule has 0 radical (unpaired) electrons. The molecule has 0 atom stereocenters. The topological polar surface area (TPSA) is 59.6 Å². The predicted molar refractivity (Wildman–Crippen MR) is 78.5 cm³/mol. The van der Waals surface area contributed by atoms with E-state index >= 15 is 0 Å². The highest BCUT2D eigenvalue weighted by Crippen LogP contribution is 2.30. The van der Waals surface area contributed by atoms with Crippen molar-refractivity contribution < 1.29 is 14.3 Å². The number of hydrogen-bond acceptors (Lipinski definition) is 4. The van der Waals surface area contributed by atoms with Crippen molar-refractivity contribution in [3.8, 4) is 5.75 Å². The maximum atomic E-state index is 12.1. The smallest absolute Gasteiger partial charge is 0.255 e. The largest absolute Gasteiger partial charge is 0.489 e. The highest BCUT2D eigenvalue weighted by molar-refractivity contribution is 5.98. The first-order chi connectivity index (χ1) is 9.83. The van der Waals surface area contributed by atoms with Crippen molar-refractivity contribution in [1.82, 2.24) is 5.32 Å². The van der Waals surface area contributed by atoms with Gasteiger partial charge in [0.2, 0.25) is 0 Å². The van der Waals surface area contributed by atoms with Crippen LogP contribution in [-0.4, -0.2) is 38.8 Å². The molecule has 0 aromatic heterocycles. The fraction of sp³-hybridized carbons (Fsp3) is 0.533. The van der Waals surface area contributed by atoms with E-state index in [1.54, 1.807) is 6.07 Å². The lowest BCUT2D eigenvalue weighted by Crippen LogP contribution is -2.29. The number of ether oxygens (including phenoxy) is 2. The third-order valence-corrected chi connectivity index (χ3v) is 3.10. The van der Waals surface area contributed by atoms with Gasteiger partial charge in [0, 0.05) is 19.7 Å². The van der Waals surface area contributed by atoms with Gasteiger partial charge in [0.1, 0.15) is 6.61 Å². The Balaban J connectivity index is 1.83. The summed E-state index contributed by atoms with van der Waals surface area (Å²) in [6.45, 7) is 5.28. The van der Waals surface area contributed by atoms with Crippen molar-refractivity contribution in [3.63, 3.8) is 0 Å². The molecule has 0 aliphatic carbocycles. The van der Waals surface area contributed by atoms with Gasteiger partial charge in [-0.1, -0.05) is 19.4 Å². The number of nitrogens with one attached hydrogen (secondary N) is 2. The zero-order chi connectivity index (χ0) is 14.2. The highest BCUT2D eigenvalue weighted by Gasteiger charge is 2.18. The van der Waals surface area contributed by atoms with E-state index in [2.05, 4.69) is 17.6 Å². The van der Waals surface area contributed by atoms with Crippen molar-refractivity contribution in [2.45, 2.75) is 19.8 Å². The molecule has 110 valence electrons. The molecule has 0 spiro atoms. The Kier molecular flexibility index (Phi) is 5.68. The lowest BCUT2D eigenvalue weighted by molar-refractivity contribution is 0.0909. The second-order valence-corrected chi connectivity index (χ2v) is 4.68. The molecule has 5 heteroatoms. The Bertz CT molecular complexity index is 449. The Morgan fingerprint density at radius 1 is 1.45 bits per heavy atom. The number of amides is 1. The Labute approximate surface area is 119 Å². The first kappa shape index (κ1) is 14.7. The fourth-order valence-electron chi connectivity index (χ4n) is 2.03. The van der Waals surface area contributed by atoms with Gasteiger partial charge in [-0.15, -0.1) is 0 Å². The SMILES string of the molecule is CCCCOCCNC(=O)c1cccc2c1OCCN2. The quantitative estimate of drug-likeness (QED) is 0.749. The van der Waals surface area contributed by atoms with Gasteiger partial charge in [0.15, 0.2) is 5.75 Å². The molecule has 0 saturated carbocycles. The first-order valence-corrected chi connectivity index (χ1v) is 7.18. The lowest BCUT2D eigenvalue weighted by Gasteiger charge is -2.21. The average Bonchev–Trinajstić information content (AvgIpc) is 2.50. The zero-order valence-corrected chi connectivity index (χ0v) is 11.9. The summed E-state index contributed by atoms with van der Waals surface area (Å²) in [5, 5.41) is 6.07. The monoisotopic (exact) mass is 278 g/mol. The molecule has 1 aliphatic rings. The van der Waals surface area contributed by atoms with Crippen LogP contribution in [0.4, 0.5) is 5.69 Å². The van der Waals surface area contributed by atoms with Gasteiger partial charge in [0.05, 0.1) is 17.9 Å². The molecule has 0 bridgehead atoms. The minimum Gasteiger partial charge on any atom is -0.489 e. The highest BCUT2D eigenvalue weighted by atomic mass is 16.5. The number of carbonyl (C=O) groups is 1. The van der Waals surface area contributed by atoms with E-state index in [9.17, 15) is 4.79 Å². The molecule has 1 heterocycles. The molecular weight excluding hydrogens is 256 g/mol. The number of fused-ring (bicyclic) bond motifs is 1. The molecule has 0 unspecified atom stereocenters. The summed E-state index contributed by atoms with van der Waals surface area (Å²) in [4.78, 5) is 12.1. The average molecular weight is 278 g/mol. The molecule has 2 N–H and O–H groups in total. The number of unbranched alkanes of at least 4 members (excludes halogenated alkanes) is 1. The molecule has 1 aliphatic heterocycles. The molecule has 1 aromatic carbocycles.